The van der Waals surface area contributed by atoms with Crippen LogP contribution in [0.1, 0.15) is 18.4 Å². The highest BCUT2D eigenvalue weighted by atomic mass is 32.2. The van der Waals surface area contributed by atoms with Crippen LogP contribution in [0.15, 0.2) is 53.4 Å². The highest BCUT2D eigenvalue weighted by molar-refractivity contribution is 7.92. The van der Waals surface area contributed by atoms with E-state index in [1.165, 1.54) is 0 Å². The molecule has 28 heavy (non-hydrogen) atoms. The topological polar surface area (TPSA) is 87.9 Å². The minimum Gasteiger partial charge on any atom is -0.454 e. The van der Waals surface area contributed by atoms with Gasteiger partial charge in [-0.15, -0.1) is 0 Å². The Balaban J connectivity index is 1.81. The van der Waals surface area contributed by atoms with Gasteiger partial charge in [0.15, 0.2) is 21.3 Å². The number of nitrogens with two attached hydrogens (primary N) is 1. The first-order valence-corrected chi connectivity index (χ1v) is 10.9. The quantitative estimate of drug-likeness (QED) is 0.690. The van der Waals surface area contributed by atoms with Gasteiger partial charge >= 0.3 is 0 Å². The normalized spacial score (nSPS) is 25.5. The molecule has 148 valence electrons. The molecule has 1 saturated carbocycles. The third-order valence-corrected chi connectivity index (χ3v) is 8.09. The summed E-state index contributed by atoms with van der Waals surface area (Å²) in [7, 11) is -3.68. The molecule has 2 N–H and O–H groups in total. The summed E-state index contributed by atoms with van der Waals surface area (Å²) >= 11 is 5.36. The molecule has 8 heteroatoms. The summed E-state index contributed by atoms with van der Waals surface area (Å²) in [6.07, 6.45) is 0. The minimum atomic E-state index is -3.68. The van der Waals surface area contributed by atoms with Crippen molar-refractivity contribution in [2.24, 2.45) is 11.1 Å². The Hall–Kier alpha value is -2.16. The largest absolute Gasteiger partial charge is 0.454 e. The Morgan fingerprint density at radius 3 is 2.61 bits per heavy atom. The molecular formula is C20H21NO5S2. The lowest BCUT2D eigenvalue weighted by Gasteiger charge is -2.17. The van der Waals surface area contributed by atoms with Gasteiger partial charge in [-0.2, -0.15) is 0 Å². The second kappa shape index (κ2) is 7.02. The number of thiocarbonyl (C=S) groups is 1. The van der Waals surface area contributed by atoms with Gasteiger partial charge in [0.2, 0.25) is 6.79 Å². The van der Waals surface area contributed by atoms with E-state index in [0.717, 1.165) is 5.56 Å². The third-order valence-electron chi connectivity index (χ3n) is 5.42. The Kier molecular flexibility index (Phi) is 4.81. The van der Waals surface area contributed by atoms with Crippen molar-refractivity contribution >= 4 is 27.0 Å². The second-order valence-electron chi connectivity index (χ2n) is 6.91. The van der Waals surface area contributed by atoms with E-state index in [0.29, 0.717) is 18.1 Å². The first-order chi connectivity index (χ1) is 13.4. The highest BCUT2D eigenvalue weighted by Gasteiger charge is 2.73. The van der Waals surface area contributed by atoms with Crippen molar-refractivity contribution in [2.45, 2.75) is 23.0 Å². The molecule has 0 bridgehead atoms. The van der Waals surface area contributed by atoms with E-state index in [2.05, 4.69) is 0 Å². The molecule has 0 aromatic heterocycles. The van der Waals surface area contributed by atoms with E-state index in [4.69, 9.17) is 32.2 Å². The number of hydrogen-bond donors (Lipinski definition) is 1. The molecule has 0 saturated heterocycles. The number of hydrogen-bond acceptors (Lipinski definition) is 6. The van der Waals surface area contributed by atoms with E-state index in [1.807, 2.05) is 19.1 Å². The first kappa shape index (κ1) is 19.2. The van der Waals surface area contributed by atoms with Crippen molar-refractivity contribution in [3.8, 4) is 11.5 Å². The summed E-state index contributed by atoms with van der Waals surface area (Å²) in [5.41, 5.74) is 5.94. The van der Waals surface area contributed by atoms with Crippen molar-refractivity contribution in [1.29, 1.82) is 0 Å². The predicted octanol–water partition coefficient (Wildman–Crippen LogP) is 2.66. The number of rotatable bonds is 7. The fraction of sp³-hybridized carbons (Fsp3) is 0.350. The van der Waals surface area contributed by atoms with Crippen molar-refractivity contribution in [1.82, 2.24) is 0 Å². The van der Waals surface area contributed by atoms with E-state index in [-0.39, 0.29) is 23.3 Å². The maximum atomic E-state index is 13.5. The summed E-state index contributed by atoms with van der Waals surface area (Å²) < 4.78 is 43.4. The van der Waals surface area contributed by atoms with Gasteiger partial charge in [-0.3, -0.25) is 0 Å². The number of sulfone groups is 1. The Bertz CT molecular complexity index is 1010. The smallest absolute Gasteiger partial charge is 0.231 e. The average Bonchev–Trinajstić information content (AvgIpc) is 3.18. The van der Waals surface area contributed by atoms with Crippen LogP contribution in [-0.2, 0) is 14.6 Å². The van der Waals surface area contributed by atoms with Crippen molar-refractivity contribution < 1.29 is 22.6 Å². The molecule has 1 aliphatic carbocycles. The highest BCUT2D eigenvalue weighted by Crippen LogP contribution is 2.65. The zero-order chi connectivity index (χ0) is 19.9. The lowest BCUT2D eigenvalue weighted by molar-refractivity contribution is 0.121. The van der Waals surface area contributed by atoms with Crippen molar-refractivity contribution in [3.05, 3.63) is 54.1 Å². The maximum Gasteiger partial charge on any atom is 0.231 e. The fourth-order valence-electron chi connectivity index (χ4n) is 4.00. The van der Waals surface area contributed by atoms with Gasteiger partial charge in [0.25, 0.3) is 0 Å². The molecule has 6 nitrogen and oxygen atoms in total. The average molecular weight is 420 g/mol. The van der Waals surface area contributed by atoms with Crippen LogP contribution in [0.25, 0.3) is 0 Å². The molecule has 1 aliphatic heterocycles. The third kappa shape index (κ3) is 2.87. The van der Waals surface area contributed by atoms with E-state index < -0.39 is 26.4 Å². The molecule has 0 unspecified atom stereocenters. The van der Waals surface area contributed by atoms with Gasteiger partial charge in [0.05, 0.1) is 27.2 Å². The SMILES string of the molecule is CCOC[C@@]1(C(N)=S)[C@H](S(=O)(=O)c2ccccc2)[C@@H]1c1ccc2c(c1)OCO2. The summed E-state index contributed by atoms with van der Waals surface area (Å²) in [6, 6.07) is 13.8. The molecule has 0 radical (unpaired) electrons. The Morgan fingerprint density at radius 1 is 1.21 bits per heavy atom. The van der Waals surface area contributed by atoms with Crippen LogP contribution in [-0.4, -0.2) is 38.7 Å². The molecule has 4 rings (SSSR count). The maximum absolute atomic E-state index is 13.5. The molecule has 1 heterocycles. The van der Waals surface area contributed by atoms with Crippen LogP contribution in [0, 0.1) is 5.41 Å². The molecule has 0 spiro atoms. The molecule has 3 atom stereocenters. The lowest BCUT2D eigenvalue weighted by atomic mass is 9.99. The van der Waals surface area contributed by atoms with Crippen LogP contribution in [0.5, 0.6) is 11.5 Å². The standard InChI is InChI=1S/C20H21NO5S2/c1-2-24-11-20(19(21)27)17(13-8-9-15-16(10-13)26-12-25-15)18(20)28(22,23)14-6-4-3-5-7-14/h3-10,17-18H,2,11-12H2,1H3,(H2,21,27)/t17-,18+,20-/m0/s1. The van der Waals surface area contributed by atoms with E-state index in [9.17, 15) is 8.42 Å². The van der Waals surface area contributed by atoms with Crippen molar-refractivity contribution in [3.63, 3.8) is 0 Å². The summed E-state index contributed by atoms with van der Waals surface area (Å²) in [4.78, 5) is 0.397. The molecule has 2 aliphatic rings. The predicted molar refractivity (Wildman–Crippen MR) is 108 cm³/mol. The summed E-state index contributed by atoms with van der Waals surface area (Å²) in [6.45, 7) is 2.59. The van der Waals surface area contributed by atoms with E-state index in [1.54, 1.807) is 36.4 Å². The molecule has 0 amide bonds. The van der Waals surface area contributed by atoms with E-state index >= 15 is 0 Å². The minimum absolute atomic E-state index is 0.146. The number of ether oxygens (including phenoxy) is 3. The van der Waals surface area contributed by atoms with Crippen LogP contribution in [0.3, 0.4) is 0 Å². The van der Waals surface area contributed by atoms with Crippen LogP contribution in [0.4, 0.5) is 0 Å². The number of benzene rings is 2. The van der Waals surface area contributed by atoms with Crippen LogP contribution < -0.4 is 15.2 Å². The van der Waals surface area contributed by atoms with Gasteiger partial charge in [0, 0.05) is 12.5 Å². The zero-order valence-corrected chi connectivity index (χ0v) is 17.0. The fourth-order valence-corrected chi connectivity index (χ4v) is 6.80. The molecule has 1 fully saturated rings. The Morgan fingerprint density at radius 2 is 1.93 bits per heavy atom. The second-order valence-corrected chi connectivity index (χ2v) is 9.42. The monoisotopic (exact) mass is 419 g/mol. The van der Waals surface area contributed by atoms with Crippen molar-refractivity contribution in [2.75, 3.05) is 20.0 Å². The summed E-state index contributed by atoms with van der Waals surface area (Å²) in [5.74, 6) is 0.808. The van der Waals surface area contributed by atoms with Gasteiger partial charge in [-0.25, -0.2) is 8.42 Å². The molecule has 2 aromatic rings. The number of fused-ring (bicyclic) bond motifs is 1. The lowest BCUT2D eigenvalue weighted by Crippen LogP contribution is -2.33. The van der Waals surface area contributed by atoms with Gasteiger partial charge in [0.1, 0.15) is 0 Å². The van der Waals surface area contributed by atoms with Crippen LogP contribution in [0.2, 0.25) is 0 Å². The van der Waals surface area contributed by atoms with Gasteiger partial charge < -0.3 is 19.9 Å². The first-order valence-electron chi connectivity index (χ1n) is 8.99. The summed E-state index contributed by atoms with van der Waals surface area (Å²) in [5, 5.41) is -0.799. The molecule has 2 aromatic carbocycles. The van der Waals surface area contributed by atoms with Gasteiger partial charge in [-0.05, 0) is 36.8 Å². The van der Waals surface area contributed by atoms with Gasteiger partial charge in [-0.1, -0.05) is 36.5 Å². The molecular weight excluding hydrogens is 398 g/mol. The van der Waals surface area contributed by atoms with Crippen LogP contribution >= 0.6 is 12.2 Å². The Labute approximate surface area is 169 Å². The zero-order valence-electron chi connectivity index (χ0n) is 15.3.